The summed E-state index contributed by atoms with van der Waals surface area (Å²) in [6, 6.07) is 5.83. The summed E-state index contributed by atoms with van der Waals surface area (Å²) in [6.45, 7) is 0. The molecule has 92 valence electrons. The molecule has 0 aliphatic carbocycles. The van der Waals surface area contributed by atoms with Crippen LogP contribution in [0.15, 0.2) is 29.1 Å². The summed E-state index contributed by atoms with van der Waals surface area (Å²) in [5.74, 6) is -0.488. The van der Waals surface area contributed by atoms with Gasteiger partial charge in [0.05, 0.1) is 10.5 Å². The maximum atomic E-state index is 11.5. The Bertz CT molecular complexity index is 683. The van der Waals surface area contributed by atoms with Gasteiger partial charge in [0.25, 0.3) is 11.2 Å². The van der Waals surface area contributed by atoms with Gasteiger partial charge in [-0.15, -0.1) is 0 Å². The summed E-state index contributed by atoms with van der Waals surface area (Å²) < 4.78 is 0.0370. The molecule has 0 unspecified atom stereocenters. The molecule has 1 heterocycles. The summed E-state index contributed by atoms with van der Waals surface area (Å²) in [5, 5.41) is 20.3. The van der Waals surface area contributed by atoms with Crippen molar-refractivity contribution in [1.82, 2.24) is 9.97 Å². The van der Waals surface area contributed by atoms with E-state index in [4.69, 9.17) is 0 Å². The van der Waals surface area contributed by atoms with Crippen molar-refractivity contribution in [2.24, 2.45) is 0 Å². The summed E-state index contributed by atoms with van der Waals surface area (Å²) in [6.07, 6.45) is 0. The van der Waals surface area contributed by atoms with Gasteiger partial charge in [0, 0.05) is 6.07 Å². The van der Waals surface area contributed by atoms with Crippen LogP contribution >= 0.6 is 22.6 Å². The number of benzene rings is 1. The Morgan fingerprint density at radius 1 is 1.39 bits per heavy atom. The van der Waals surface area contributed by atoms with E-state index in [2.05, 4.69) is 9.97 Å². The molecule has 1 aromatic heterocycles. The third-order valence-electron chi connectivity index (χ3n) is 2.20. The van der Waals surface area contributed by atoms with E-state index < -0.39 is 16.4 Å². The second-order valence-corrected chi connectivity index (χ2v) is 4.41. The average molecular weight is 359 g/mol. The quantitative estimate of drug-likeness (QED) is 0.482. The van der Waals surface area contributed by atoms with Crippen molar-refractivity contribution in [2.45, 2.75) is 0 Å². The molecule has 0 atom stereocenters. The van der Waals surface area contributed by atoms with E-state index in [0.717, 1.165) is 0 Å². The number of hydrogen-bond donors (Lipinski definition) is 2. The fourth-order valence-corrected chi connectivity index (χ4v) is 1.66. The largest absolute Gasteiger partial charge is 0.492 e. The van der Waals surface area contributed by atoms with Crippen LogP contribution in [0.3, 0.4) is 0 Å². The van der Waals surface area contributed by atoms with Gasteiger partial charge < -0.3 is 10.1 Å². The molecule has 0 saturated heterocycles. The molecule has 0 saturated carbocycles. The van der Waals surface area contributed by atoms with E-state index in [1.54, 1.807) is 28.7 Å². The van der Waals surface area contributed by atoms with Crippen LogP contribution in [0.1, 0.15) is 0 Å². The summed E-state index contributed by atoms with van der Waals surface area (Å²) in [7, 11) is 0. The Balaban J connectivity index is 2.70. The van der Waals surface area contributed by atoms with Crippen LogP contribution < -0.4 is 5.56 Å². The maximum Gasteiger partial charge on any atom is 0.280 e. The van der Waals surface area contributed by atoms with Gasteiger partial charge in [-0.25, -0.2) is 0 Å². The molecule has 0 bridgehead atoms. The molecule has 18 heavy (non-hydrogen) atoms. The monoisotopic (exact) mass is 359 g/mol. The van der Waals surface area contributed by atoms with Crippen molar-refractivity contribution in [1.29, 1.82) is 0 Å². The molecule has 1 aromatic carbocycles. The van der Waals surface area contributed by atoms with E-state index in [9.17, 15) is 20.0 Å². The predicted molar refractivity (Wildman–Crippen MR) is 71.3 cm³/mol. The van der Waals surface area contributed by atoms with Crippen molar-refractivity contribution in [3.05, 3.63) is 48.3 Å². The van der Waals surface area contributed by atoms with Crippen LogP contribution in [-0.4, -0.2) is 20.0 Å². The third kappa shape index (κ3) is 2.18. The number of aromatic amines is 1. The smallest absolute Gasteiger partial charge is 0.280 e. The number of nitro benzene ring substituents is 1. The van der Waals surface area contributed by atoms with Gasteiger partial charge in [0.1, 0.15) is 3.57 Å². The number of nitrogens with zero attached hydrogens (tertiary/aromatic N) is 2. The molecule has 0 amide bonds. The number of halogens is 1. The molecule has 0 aliphatic heterocycles. The Kier molecular flexibility index (Phi) is 3.28. The van der Waals surface area contributed by atoms with Gasteiger partial charge in [0.2, 0.25) is 5.88 Å². The number of para-hydroxylation sites is 1. The van der Waals surface area contributed by atoms with E-state index >= 15 is 0 Å². The summed E-state index contributed by atoms with van der Waals surface area (Å²) in [4.78, 5) is 27.9. The van der Waals surface area contributed by atoms with E-state index in [1.807, 2.05) is 0 Å². The van der Waals surface area contributed by atoms with Crippen molar-refractivity contribution >= 4 is 28.3 Å². The van der Waals surface area contributed by atoms with Crippen molar-refractivity contribution < 1.29 is 10.0 Å². The Morgan fingerprint density at radius 3 is 2.67 bits per heavy atom. The number of hydrogen-bond acceptors (Lipinski definition) is 5. The number of rotatable bonds is 2. The molecule has 8 heteroatoms. The molecular weight excluding hydrogens is 353 g/mol. The van der Waals surface area contributed by atoms with Gasteiger partial charge in [-0.2, -0.15) is 4.98 Å². The predicted octanol–water partition coefficient (Wildman–Crippen LogP) is 1.66. The molecule has 0 aliphatic rings. The Morgan fingerprint density at radius 2 is 2.06 bits per heavy atom. The standard InChI is InChI=1S/C10H6IN3O4/c11-7-9(15)12-8(13-10(7)16)5-3-1-2-4-6(5)14(17)18/h1-4H,(H2,12,13,15,16). The first-order valence-corrected chi connectivity index (χ1v) is 5.81. The van der Waals surface area contributed by atoms with E-state index in [1.165, 1.54) is 18.2 Å². The van der Waals surface area contributed by atoms with Crippen molar-refractivity contribution in [3.63, 3.8) is 0 Å². The highest BCUT2D eigenvalue weighted by atomic mass is 127. The van der Waals surface area contributed by atoms with Crippen LogP contribution in [0.5, 0.6) is 5.88 Å². The fourth-order valence-electron chi connectivity index (χ4n) is 1.41. The Labute approximate surface area is 114 Å². The highest BCUT2D eigenvalue weighted by Gasteiger charge is 2.18. The number of H-pyrrole nitrogens is 1. The van der Waals surface area contributed by atoms with Crippen molar-refractivity contribution in [2.75, 3.05) is 0 Å². The lowest BCUT2D eigenvalue weighted by molar-refractivity contribution is -0.384. The minimum atomic E-state index is -0.579. The average Bonchev–Trinajstić information content (AvgIpc) is 2.35. The SMILES string of the molecule is O=c1[nH]c(-c2ccccc2[N+](=O)[O-])nc(O)c1I. The van der Waals surface area contributed by atoms with Crippen LogP contribution in [-0.2, 0) is 0 Å². The Hall–Kier alpha value is -1.97. The molecule has 7 nitrogen and oxygen atoms in total. The fraction of sp³-hybridized carbons (Fsp3) is 0. The highest BCUT2D eigenvalue weighted by molar-refractivity contribution is 14.1. The van der Waals surface area contributed by atoms with Crippen molar-refractivity contribution in [3.8, 4) is 17.3 Å². The molecule has 2 N–H and O–H groups in total. The second-order valence-electron chi connectivity index (χ2n) is 3.33. The lowest BCUT2D eigenvalue weighted by atomic mass is 10.1. The van der Waals surface area contributed by atoms with Crippen LogP contribution in [0.2, 0.25) is 0 Å². The first-order valence-electron chi connectivity index (χ1n) is 4.73. The topological polar surface area (TPSA) is 109 Å². The van der Waals surface area contributed by atoms with Gasteiger partial charge in [-0.1, -0.05) is 12.1 Å². The normalized spacial score (nSPS) is 10.3. The van der Waals surface area contributed by atoms with Gasteiger partial charge in [0.15, 0.2) is 5.82 Å². The highest BCUT2D eigenvalue weighted by Crippen LogP contribution is 2.27. The number of nitro groups is 1. The van der Waals surface area contributed by atoms with Gasteiger partial charge >= 0.3 is 0 Å². The molecule has 2 rings (SSSR count). The number of nitrogens with one attached hydrogen (secondary N) is 1. The zero-order valence-electron chi connectivity index (χ0n) is 8.75. The minimum Gasteiger partial charge on any atom is -0.492 e. The zero-order valence-corrected chi connectivity index (χ0v) is 10.9. The van der Waals surface area contributed by atoms with E-state index in [-0.39, 0.29) is 20.6 Å². The molecule has 0 radical (unpaired) electrons. The molecule has 0 fully saturated rings. The number of aromatic nitrogens is 2. The van der Waals surface area contributed by atoms with Crippen LogP contribution in [0.4, 0.5) is 5.69 Å². The molecule has 2 aromatic rings. The number of aromatic hydroxyl groups is 1. The van der Waals surface area contributed by atoms with Gasteiger partial charge in [-0.05, 0) is 28.7 Å². The summed E-state index contributed by atoms with van der Waals surface area (Å²) >= 11 is 1.64. The first kappa shape index (κ1) is 12.5. The lowest BCUT2D eigenvalue weighted by Gasteiger charge is -2.03. The first-order chi connectivity index (χ1) is 8.50. The minimum absolute atomic E-state index is 0.0368. The third-order valence-corrected chi connectivity index (χ3v) is 3.17. The van der Waals surface area contributed by atoms with E-state index in [0.29, 0.717) is 0 Å². The molecule has 0 spiro atoms. The lowest BCUT2D eigenvalue weighted by Crippen LogP contribution is -2.12. The van der Waals surface area contributed by atoms with Crippen LogP contribution in [0.25, 0.3) is 11.4 Å². The zero-order chi connectivity index (χ0) is 13.3. The molecular formula is C10H6IN3O4. The van der Waals surface area contributed by atoms with Crippen LogP contribution in [0, 0.1) is 13.7 Å². The van der Waals surface area contributed by atoms with Gasteiger partial charge in [-0.3, -0.25) is 14.9 Å². The second kappa shape index (κ2) is 4.72. The summed E-state index contributed by atoms with van der Waals surface area (Å²) in [5.41, 5.74) is -0.594. The maximum absolute atomic E-state index is 11.5.